The van der Waals surface area contributed by atoms with Gasteiger partial charge in [0, 0.05) is 17.7 Å². The first-order valence-corrected chi connectivity index (χ1v) is 6.84. The van der Waals surface area contributed by atoms with E-state index in [0.717, 1.165) is 11.1 Å². The molecule has 0 saturated carbocycles. The number of rotatable bonds is 4. The molecule has 2 aromatic rings. The summed E-state index contributed by atoms with van der Waals surface area (Å²) in [6.07, 6.45) is -0.444. The van der Waals surface area contributed by atoms with Crippen LogP contribution in [0.2, 0.25) is 0 Å². The van der Waals surface area contributed by atoms with Crippen LogP contribution >= 0.6 is 0 Å². The molecule has 1 aliphatic heterocycles. The third kappa shape index (κ3) is 2.68. The van der Waals surface area contributed by atoms with Crippen LogP contribution in [0.5, 0.6) is 0 Å². The fourth-order valence-electron chi connectivity index (χ4n) is 2.38. The number of ether oxygens (including phenoxy) is 1. The van der Waals surface area contributed by atoms with Crippen molar-refractivity contribution in [2.75, 3.05) is 6.61 Å². The minimum Gasteiger partial charge on any atom is -0.467 e. The van der Waals surface area contributed by atoms with Crippen LogP contribution in [-0.2, 0) is 4.74 Å². The smallest absolute Gasteiger partial charge is 0.269 e. The predicted molar refractivity (Wildman–Crippen MR) is 80.8 cm³/mol. The Labute approximate surface area is 126 Å². The summed E-state index contributed by atoms with van der Waals surface area (Å²) in [5.74, 6) is 0.475. The van der Waals surface area contributed by atoms with Gasteiger partial charge in [-0.1, -0.05) is 18.2 Å². The van der Waals surface area contributed by atoms with E-state index < -0.39 is 17.1 Å². The maximum Gasteiger partial charge on any atom is 0.269 e. The van der Waals surface area contributed by atoms with E-state index in [4.69, 9.17) is 4.74 Å². The highest BCUT2D eigenvalue weighted by Gasteiger charge is 2.32. The number of nitrogens with zero attached hydrogens (tertiary/aromatic N) is 2. The van der Waals surface area contributed by atoms with E-state index in [1.807, 2.05) is 30.3 Å². The molecule has 2 atom stereocenters. The molecule has 2 aromatic carbocycles. The molecule has 0 aromatic heterocycles. The Hall–Kier alpha value is -2.73. The van der Waals surface area contributed by atoms with Crippen LogP contribution in [0.4, 0.5) is 5.69 Å². The van der Waals surface area contributed by atoms with Crippen molar-refractivity contribution in [3.63, 3.8) is 0 Å². The largest absolute Gasteiger partial charge is 0.467 e. The first-order valence-electron chi connectivity index (χ1n) is 6.84. The minimum absolute atomic E-state index is 0.0199. The van der Waals surface area contributed by atoms with Gasteiger partial charge in [-0.3, -0.25) is 10.1 Å². The Morgan fingerprint density at radius 1 is 1.14 bits per heavy atom. The summed E-state index contributed by atoms with van der Waals surface area (Å²) in [7, 11) is 0. The Kier molecular flexibility index (Phi) is 3.84. The quantitative estimate of drug-likeness (QED) is 0.694. The Balaban J connectivity index is 1.85. The molecule has 22 heavy (non-hydrogen) atoms. The van der Waals surface area contributed by atoms with Gasteiger partial charge in [-0.15, -0.1) is 0 Å². The number of non-ortho nitro benzene ring substituents is 1. The molecule has 6 heteroatoms. The lowest BCUT2D eigenvalue weighted by atomic mass is 10.0. The van der Waals surface area contributed by atoms with Crippen molar-refractivity contribution in [1.82, 2.24) is 0 Å². The van der Waals surface area contributed by atoms with Gasteiger partial charge in [0.05, 0.1) is 11.5 Å². The molecule has 0 radical (unpaired) electrons. The van der Waals surface area contributed by atoms with Crippen LogP contribution < -0.4 is 0 Å². The van der Waals surface area contributed by atoms with Gasteiger partial charge in [0.25, 0.3) is 5.69 Å². The van der Waals surface area contributed by atoms with Gasteiger partial charge in [-0.25, -0.2) is 4.99 Å². The predicted octanol–water partition coefficient (Wildman–Crippen LogP) is 2.47. The molecule has 0 fully saturated rings. The molecular weight excluding hydrogens is 284 g/mol. The van der Waals surface area contributed by atoms with Gasteiger partial charge in [-0.05, 0) is 29.8 Å². The number of nitro groups is 1. The zero-order valence-corrected chi connectivity index (χ0v) is 11.6. The third-order valence-electron chi connectivity index (χ3n) is 3.51. The number of aliphatic hydroxyl groups is 1. The molecule has 0 amide bonds. The Bertz CT molecular complexity index is 698. The van der Waals surface area contributed by atoms with Crippen LogP contribution in [0.1, 0.15) is 17.2 Å². The van der Waals surface area contributed by atoms with Crippen molar-refractivity contribution in [3.8, 4) is 0 Å². The molecule has 3 rings (SSSR count). The van der Waals surface area contributed by atoms with Gasteiger partial charge in [-0.2, -0.15) is 0 Å². The summed E-state index contributed by atoms with van der Waals surface area (Å²) in [5, 5.41) is 20.2. The molecule has 1 heterocycles. The van der Waals surface area contributed by atoms with Crippen molar-refractivity contribution >= 4 is 11.6 Å². The topological polar surface area (TPSA) is 85.0 Å². The zero-order valence-electron chi connectivity index (χ0n) is 11.6. The number of hydrogen-bond donors (Lipinski definition) is 1. The van der Waals surface area contributed by atoms with Gasteiger partial charge in [0.15, 0.2) is 6.10 Å². The summed E-state index contributed by atoms with van der Waals surface area (Å²) in [4.78, 5) is 14.7. The summed E-state index contributed by atoms with van der Waals surface area (Å²) in [6, 6.07) is 15.1. The molecule has 6 nitrogen and oxygen atoms in total. The second kappa shape index (κ2) is 5.95. The fraction of sp³-hybridized carbons (Fsp3) is 0.188. The summed E-state index contributed by atoms with van der Waals surface area (Å²) >= 11 is 0. The second-order valence-corrected chi connectivity index (χ2v) is 4.94. The fourth-order valence-corrected chi connectivity index (χ4v) is 2.38. The standard InChI is InChI=1S/C16H14N2O4/c19-10-14-15(11-6-8-13(9-7-11)18(20)21)22-16(17-14)12-4-2-1-3-5-12/h1-9,14-15,19H,10H2/t14-,15+/m1/s1. The number of nitro benzene ring substituents is 1. The molecule has 112 valence electrons. The van der Waals surface area contributed by atoms with E-state index in [0.29, 0.717) is 5.90 Å². The van der Waals surface area contributed by atoms with E-state index in [2.05, 4.69) is 4.99 Å². The average molecular weight is 298 g/mol. The molecule has 0 spiro atoms. The van der Waals surface area contributed by atoms with E-state index in [1.54, 1.807) is 12.1 Å². The van der Waals surface area contributed by atoms with Crippen LogP contribution in [0.15, 0.2) is 59.6 Å². The van der Waals surface area contributed by atoms with Crippen LogP contribution in [0, 0.1) is 10.1 Å². The number of benzene rings is 2. The molecule has 0 saturated heterocycles. The lowest BCUT2D eigenvalue weighted by Crippen LogP contribution is -2.17. The van der Waals surface area contributed by atoms with Crippen molar-refractivity contribution in [2.24, 2.45) is 4.99 Å². The summed E-state index contributed by atoms with van der Waals surface area (Å²) < 4.78 is 5.86. The maximum atomic E-state index is 10.7. The van der Waals surface area contributed by atoms with Crippen LogP contribution in [0.3, 0.4) is 0 Å². The Morgan fingerprint density at radius 2 is 1.82 bits per heavy atom. The number of aliphatic hydroxyl groups excluding tert-OH is 1. The Morgan fingerprint density at radius 3 is 2.41 bits per heavy atom. The van der Waals surface area contributed by atoms with Crippen LogP contribution in [0.25, 0.3) is 0 Å². The summed E-state index contributed by atoms with van der Waals surface area (Å²) in [5.41, 5.74) is 1.61. The van der Waals surface area contributed by atoms with Crippen molar-refractivity contribution in [3.05, 3.63) is 75.8 Å². The average Bonchev–Trinajstić information content (AvgIpc) is 3.00. The monoisotopic (exact) mass is 298 g/mol. The first kappa shape index (κ1) is 14.2. The highest BCUT2D eigenvalue weighted by atomic mass is 16.6. The van der Waals surface area contributed by atoms with Gasteiger partial charge >= 0.3 is 0 Å². The van der Waals surface area contributed by atoms with Crippen molar-refractivity contribution in [1.29, 1.82) is 0 Å². The number of hydrogen-bond acceptors (Lipinski definition) is 5. The van der Waals surface area contributed by atoms with E-state index in [9.17, 15) is 15.2 Å². The molecule has 1 aliphatic rings. The zero-order chi connectivity index (χ0) is 15.5. The highest BCUT2D eigenvalue weighted by molar-refractivity contribution is 5.95. The van der Waals surface area contributed by atoms with Crippen molar-refractivity contribution < 1.29 is 14.8 Å². The lowest BCUT2D eigenvalue weighted by Gasteiger charge is -2.16. The third-order valence-corrected chi connectivity index (χ3v) is 3.51. The normalized spacial score (nSPS) is 20.3. The lowest BCUT2D eigenvalue weighted by molar-refractivity contribution is -0.384. The second-order valence-electron chi connectivity index (χ2n) is 4.94. The van der Waals surface area contributed by atoms with Crippen LogP contribution in [-0.4, -0.2) is 28.6 Å². The molecule has 0 aliphatic carbocycles. The van der Waals surface area contributed by atoms with Crippen molar-refractivity contribution in [2.45, 2.75) is 12.1 Å². The molecule has 0 unspecified atom stereocenters. The van der Waals surface area contributed by atoms with Gasteiger partial charge in [0.2, 0.25) is 5.90 Å². The SMILES string of the molecule is O=[N+]([O-])c1ccc([C@@H]2OC(c3ccccc3)=N[C@@H]2CO)cc1. The first-order chi connectivity index (χ1) is 10.7. The van der Waals surface area contributed by atoms with Gasteiger partial charge in [0.1, 0.15) is 6.04 Å². The van der Waals surface area contributed by atoms with E-state index in [1.165, 1.54) is 12.1 Å². The number of aliphatic imine (C=N–C) groups is 1. The maximum absolute atomic E-state index is 10.7. The molecule has 0 bridgehead atoms. The molecular formula is C16H14N2O4. The van der Waals surface area contributed by atoms with E-state index >= 15 is 0 Å². The summed E-state index contributed by atoms with van der Waals surface area (Å²) in [6.45, 7) is -0.155. The minimum atomic E-state index is -0.450. The highest BCUT2D eigenvalue weighted by Crippen LogP contribution is 2.31. The van der Waals surface area contributed by atoms with Gasteiger partial charge < -0.3 is 9.84 Å². The van der Waals surface area contributed by atoms with E-state index in [-0.39, 0.29) is 12.3 Å². The molecule has 1 N–H and O–H groups in total.